The van der Waals surface area contributed by atoms with Crippen LogP contribution in [0.3, 0.4) is 0 Å². The third kappa shape index (κ3) is 4.03. The fraction of sp³-hybridized carbons (Fsp3) is 0.458. The van der Waals surface area contributed by atoms with Crippen molar-refractivity contribution in [2.24, 2.45) is 0 Å². The zero-order chi connectivity index (χ0) is 23.8. The number of benzene rings is 1. The second-order valence-electron chi connectivity index (χ2n) is 9.10. The molecule has 2 N–H and O–H groups in total. The summed E-state index contributed by atoms with van der Waals surface area (Å²) in [6, 6.07) is 5.92. The Balaban J connectivity index is 1.49. The molecule has 1 aliphatic heterocycles. The van der Waals surface area contributed by atoms with Gasteiger partial charge < -0.3 is 14.9 Å². The van der Waals surface area contributed by atoms with Crippen LogP contribution in [0.25, 0.3) is 10.9 Å². The van der Waals surface area contributed by atoms with Crippen LogP contribution < -0.4 is 4.90 Å². The van der Waals surface area contributed by atoms with E-state index >= 15 is 0 Å². The van der Waals surface area contributed by atoms with E-state index in [1.165, 1.54) is 16.0 Å². The summed E-state index contributed by atoms with van der Waals surface area (Å²) in [6.07, 6.45) is 4.64. The maximum Gasteiger partial charge on any atom is 0.407 e. The lowest BCUT2D eigenvalue weighted by molar-refractivity contribution is 0.119. The highest BCUT2D eigenvalue weighted by Crippen LogP contribution is 2.39. The van der Waals surface area contributed by atoms with Gasteiger partial charge in [0, 0.05) is 30.6 Å². The minimum absolute atomic E-state index is 0.139. The Morgan fingerprint density at radius 2 is 2.21 bits per heavy atom. The van der Waals surface area contributed by atoms with Crippen LogP contribution in [0.15, 0.2) is 18.3 Å². The number of nitrogens with one attached hydrogen (secondary N) is 1. The fourth-order valence-corrected chi connectivity index (χ4v) is 5.73. The lowest BCUT2D eigenvalue weighted by atomic mass is 9.86. The van der Waals surface area contributed by atoms with Crippen molar-refractivity contribution in [2.75, 3.05) is 24.5 Å². The fourth-order valence-electron chi connectivity index (χ4n) is 5.55. The third-order valence-corrected chi connectivity index (χ3v) is 7.28. The van der Waals surface area contributed by atoms with Crippen LogP contribution in [0.1, 0.15) is 47.6 Å². The molecule has 3 heterocycles. The molecule has 34 heavy (non-hydrogen) atoms. The number of fused-ring (bicyclic) bond motifs is 2. The molecule has 0 radical (unpaired) electrons. The molecule has 1 amide bonds. The van der Waals surface area contributed by atoms with Gasteiger partial charge in [-0.25, -0.2) is 14.8 Å². The van der Waals surface area contributed by atoms with Gasteiger partial charge in [-0.3, -0.25) is 5.10 Å². The highest BCUT2D eigenvalue weighted by atomic mass is 35.5. The number of carboxylic acid groups (broad SMARTS) is 1. The van der Waals surface area contributed by atoms with E-state index in [-0.39, 0.29) is 17.6 Å². The quantitative estimate of drug-likeness (QED) is 0.429. The Morgan fingerprint density at radius 3 is 3.00 bits per heavy atom. The van der Waals surface area contributed by atoms with Crippen LogP contribution in [0, 0.1) is 18.3 Å². The van der Waals surface area contributed by atoms with Gasteiger partial charge in [-0.1, -0.05) is 6.07 Å². The van der Waals surface area contributed by atoms with E-state index in [0.717, 1.165) is 53.7 Å². The Morgan fingerprint density at radius 1 is 1.35 bits per heavy atom. The van der Waals surface area contributed by atoms with Crippen molar-refractivity contribution in [3.05, 3.63) is 46.0 Å². The first kappa shape index (κ1) is 22.4. The van der Waals surface area contributed by atoms with Crippen molar-refractivity contribution in [3.63, 3.8) is 0 Å². The molecule has 5 rings (SSSR count). The van der Waals surface area contributed by atoms with E-state index in [9.17, 15) is 15.2 Å². The Kier molecular flexibility index (Phi) is 6.00. The lowest BCUT2D eigenvalue weighted by Gasteiger charge is -2.40. The van der Waals surface area contributed by atoms with Crippen molar-refractivity contribution in [2.45, 2.75) is 51.0 Å². The summed E-state index contributed by atoms with van der Waals surface area (Å²) in [7, 11) is 0. The van der Waals surface area contributed by atoms with Crippen molar-refractivity contribution in [3.8, 4) is 6.07 Å². The SMILES string of the molecule is Cc1ccc2[nH]ncc2c1C1CCCc2c(nc(Cl)nc2N2CCN(C(=O)O)[C@@H](CC#N)C2)C1. The number of hydrogen-bond donors (Lipinski definition) is 2. The molecule has 1 saturated heterocycles. The van der Waals surface area contributed by atoms with Crippen LogP contribution in [0.5, 0.6) is 0 Å². The smallest absolute Gasteiger partial charge is 0.407 e. The van der Waals surface area contributed by atoms with Gasteiger partial charge in [0.15, 0.2) is 0 Å². The summed E-state index contributed by atoms with van der Waals surface area (Å²) in [4.78, 5) is 24.3. The number of nitriles is 1. The van der Waals surface area contributed by atoms with Crippen molar-refractivity contribution < 1.29 is 9.90 Å². The van der Waals surface area contributed by atoms with Gasteiger partial charge in [0.1, 0.15) is 5.82 Å². The summed E-state index contributed by atoms with van der Waals surface area (Å²) < 4.78 is 0. The first-order chi connectivity index (χ1) is 16.5. The highest BCUT2D eigenvalue weighted by Gasteiger charge is 2.33. The number of nitrogens with zero attached hydrogens (tertiary/aromatic N) is 6. The summed E-state index contributed by atoms with van der Waals surface area (Å²) in [5.41, 5.74) is 5.62. The maximum absolute atomic E-state index is 11.6. The van der Waals surface area contributed by atoms with E-state index in [0.29, 0.717) is 19.6 Å². The molecule has 0 saturated carbocycles. The third-order valence-electron chi connectivity index (χ3n) is 7.11. The lowest BCUT2D eigenvalue weighted by Crippen LogP contribution is -2.55. The zero-order valence-electron chi connectivity index (χ0n) is 19.0. The minimum atomic E-state index is -0.994. The molecule has 2 atom stereocenters. The maximum atomic E-state index is 11.6. The molecule has 2 aromatic heterocycles. The largest absolute Gasteiger partial charge is 0.465 e. The predicted octanol–water partition coefficient (Wildman–Crippen LogP) is 4.06. The van der Waals surface area contributed by atoms with E-state index < -0.39 is 12.1 Å². The highest BCUT2D eigenvalue weighted by molar-refractivity contribution is 6.28. The van der Waals surface area contributed by atoms with Crippen molar-refractivity contribution >= 4 is 34.4 Å². The average molecular weight is 480 g/mol. The number of aryl methyl sites for hydroxylation is 1. The van der Waals surface area contributed by atoms with E-state index in [2.05, 4.69) is 50.2 Å². The first-order valence-electron chi connectivity index (χ1n) is 11.6. The van der Waals surface area contributed by atoms with Crippen LogP contribution in [-0.4, -0.2) is 61.9 Å². The second kappa shape index (κ2) is 9.11. The number of piperazine rings is 1. The van der Waals surface area contributed by atoms with Gasteiger partial charge in [0.05, 0.1) is 35.9 Å². The van der Waals surface area contributed by atoms with E-state index in [4.69, 9.17) is 11.6 Å². The Labute approximate surface area is 202 Å². The van der Waals surface area contributed by atoms with Gasteiger partial charge in [0.25, 0.3) is 0 Å². The number of H-pyrrole nitrogens is 1. The van der Waals surface area contributed by atoms with Crippen molar-refractivity contribution in [1.29, 1.82) is 5.26 Å². The number of aromatic nitrogens is 4. The molecule has 176 valence electrons. The predicted molar refractivity (Wildman–Crippen MR) is 128 cm³/mol. The summed E-state index contributed by atoms with van der Waals surface area (Å²) in [6.45, 7) is 3.38. The van der Waals surface area contributed by atoms with Crippen molar-refractivity contribution in [1.82, 2.24) is 25.1 Å². The Hall–Kier alpha value is -3.38. The summed E-state index contributed by atoms with van der Waals surface area (Å²) in [5.74, 6) is 1.07. The standard InChI is InChI=1S/C24H26ClN7O2/c1-14-5-6-19-18(12-27-30-19)21(14)15-3-2-4-17-20(11-15)28-23(25)29-22(17)31-9-10-32(24(33)34)16(13-31)7-8-26/h5-6,12,15-16H,2-4,7,9-11,13H2,1H3,(H,27,30)(H,33,34)/t15?,16-/m0/s1. The molecular weight excluding hydrogens is 454 g/mol. The normalized spacial score (nSPS) is 20.6. The Bertz CT molecular complexity index is 1280. The monoisotopic (exact) mass is 479 g/mol. The summed E-state index contributed by atoms with van der Waals surface area (Å²) in [5, 5.41) is 27.4. The molecule has 1 aliphatic carbocycles. The summed E-state index contributed by atoms with van der Waals surface area (Å²) >= 11 is 6.41. The number of hydrogen-bond acceptors (Lipinski definition) is 6. The molecule has 0 bridgehead atoms. The van der Waals surface area contributed by atoms with Crippen LogP contribution >= 0.6 is 11.6 Å². The van der Waals surface area contributed by atoms with Crippen LogP contribution in [-0.2, 0) is 12.8 Å². The molecule has 1 aromatic carbocycles. The second-order valence-corrected chi connectivity index (χ2v) is 9.44. The van der Waals surface area contributed by atoms with Gasteiger partial charge in [-0.05, 0) is 67.3 Å². The van der Waals surface area contributed by atoms with Crippen LogP contribution in [0.4, 0.5) is 10.6 Å². The molecule has 1 fully saturated rings. The van der Waals surface area contributed by atoms with Crippen LogP contribution in [0.2, 0.25) is 5.28 Å². The molecule has 10 heteroatoms. The van der Waals surface area contributed by atoms with Gasteiger partial charge in [-0.2, -0.15) is 10.4 Å². The van der Waals surface area contributed by atoms with Gasteiger partial charge in [-0.15, -0.1) is 0 Å². The number of halogens is 1. The molecule has 0 spiro atoms. The molecule has 2 aliphatic rings. The number of carbonyl (C=O) groups is 1. The van der Waals surface area contributed by atoms with E-state index in [1.807, 2.05) is 6.20 Å². The van der Waals surface area contributed by atoms with E-state index in [1.54, 1.807) is 0 Å². The topological polar surface area (TPSA) is 122 Å². The van der Waals surface area contributed by atoms with Gasteiger partial charge >= 0.3 is 6.09 Å². The molecule has 3 aromatic rings. The number of amides is 1. The minimum Gasteiger partial charge on any atom is -0.465 e. The first-order valence-corrected chi connectivity index (χ1v) is 11.9. The average Bonchev–Trinajstić information content (AvgIpc) is 3.18. The zero-order valence-corrected chi connectivity index (χ0v) is 19.7. The molecular formula is C24H26ClN7O2. The number of rotatable bonds is 3. The molecule has 1 unspecified atom stereocenters. The number of anilines is 1. The van der Waals surface area contributed by atoms with Gasteiger partial charge in [0.2, 0.25) is 5.28 Å². The number of aromatic amines is 1. The molecule has 9 nitrogen and oxygen atoms in total.